The molecule has 2 heterocycles. The van der Waals surface area contributed by atoms with Crippen LogP contribution in [-0.2, 0) is 13.6 Å². The largest absolute Gasteiger partial charge is 0.497 e. The molecule has 0 unspecified atom stereocenters. The number of aryl methyl sites for hydroxylation is 1. The number of benzene rings is 1. The number of alkyl halides is 2. The number of halogens is 2. The van der Waals surface area contributed by atoms with Gasteiger partial charge in [-0.05, 0) is 24.1 Å². The van der Waals surface area contributed by atoms with E-state index < -0.39 is 5.92 Å². The number of hydrogen-bond donors (Lipinski definition) is 0. The van der Waals surface area contributed by atoms with Crippen LogP contribution in [0.5, 0.6) is 5.75 Å². The summed E-state index contributed by atoms with van der Waals surface area (Å²) in [6.07, 6.45) is 5.37. The fourth-order valence-corrected chi connectivity index (χ4v) is 3.00. The molecule has 0 spiro atoms. The second kappa shape index (κ2) is 6.73. The van der Waals surface area contributed by atoms with Crippen LogP contribution >= 0.6 is 0 Å². The molecule has 6 heteroatoms. The van der Waals surface area contributed by atoms with Crippen molar-refractivity contribution in [3.05, 3.63) is 53.9 Å². The maximum absolute atomic E-state index is 14.7. The van der Waals surface area contributed by atoms with E-state index in [-0.39, 0.29) is 12.1 Å². The van der Waals surface area contributed by atoms with Crippen molar-refractivity contribution in [3.63, 3.8) is 0 Å². The summed E-state index contributed by atoms with van der Waals surface area (Å²) in [5.41, 5.74) is 1.57. The van der Waals surface area contributed by atoms with Crippen LogP contribution in [0.15, 0.2) is 42.7 Å². The SMILES string of the molecule is COc1ccc(CN2CCC=C(c3cnn(C)c3)C(F)(F)C2)cc1. The lowest BCUT2D eigenvalue weighted by atomic mass is 10.0. The van der Waals surface area contributed by atoms with Crippen LogP contribution in [-0.4, -0.2) is 40.8 Å². The molecule has 0 radical (unpaired) electrons. The molecule has 0 fully saturated rings. The van der Waals surface area contributed by atoms with Crippen LogP contribution in [0, 0.1) is 0 Å². The van der Waals surface area contributed by atoms with Crippen molar-refractivity contribution in [3.8, 4) is 5.75 Å². The van der Waals surface area contributed by atoms with E-state index in [1.165, 1.54) is 6.20 Å². The summed E-state index contributed by atoms with van der Waals surface area (Å²) < 4.78 is 36.1. The molecule has 2 aromatic rings. The van der Waals surface area contributed by atoms with Gasteiger partial charge in [-0.15, -0.1) is 0 Å². The molecular formula is C18H21F2N3O. The van der Waals surface area contributed by atoms with Crippen molar-refractivity contribution in [1.29, 1.82) is 0 Å². The highest BCUT2D eigenvalue weighted by Crippen LogP contribution is 2.35. The maximum atomic E-state index is 14.7. The highest BCUT2D eigenvalue weighted by atomic mass is 19.3. The lowest BCUT2D eigenvalue weighted by Crippen LogP contribution is -2.36. The van der Waals surface area contributed by atoms with Crippen LogP contribution in [0.2, 0.25) is 0 Å². The van der Waals surface area contributed by atoms with Crippen molar-refractivity contribution in [2.75, 3.05) is 20.2 Å². The summed E-state index contributed by atoms with van der Waals surface area (Å²) in [4.78, 5) is 1.79. The van der Waals surface area contributed by atoms with E-state index in [1.54, 1.807) is 36.0 Å². The smallest absolute Gasteiger partial charge is 0.286 e. The first-order chi connectivity index (χ1) is 11.5. The topological polar surface area (TPSA) is 30.3 Å². The van der Waals surface area contributed by atoms with E-state index in [2.05, 4.69) is 5.10 Å². The monoisotopic (exact) mass is 333 g/mol. The molecule has 0 saturated heterocycles. The van der Waals surface area contributed by atoms with Gasteiger partial charge in [-0.1, -0.05) is 18.2 Å². The van der Waals surface area contributed by atoms with Gasteiger partial charge in [-0.2, -0.15) is 13.9 Å². The standard InChI is InChI=1S/C18H21F2N3O/c1-22-12-15(10-21-22)17-4-3-9-23(13-18(17,19)20)11-14-5-7-16(24-2)8-6-14/h4-8,10,12H,3,9,11,13H2,1-2H3. The second-order valence-corrected chi connectivity index (χ2v) is 6.07. The molecule has 0 atom stereocenters. The number of hydrogen-bond acceptors (Lipinski definition) is 3. The van der Waals surface area contributed by atoms with Gasteiger partial charge >= 0.3 is 0 Å². The van der Waals surface area contributed by atoms with Gasteiger partial charge in [0.25, 0.3) is 5.92 Å². The lowest BCUT2D eigenvalue weighted by molar-refractivity contribution is 0.0247. The number of aromatic nitrogens is 2. The van der Waals surface area contributed by atoms with Gasteiger partial charge in [0, 0.05) is 37.5 Å². The normalized spacial score (nSPS) is 18.1. The molecule has 4 nitrogen and oxygen atoms in total. The van der Waals surface area contributed by atoms with E-state index in [0.29, 0.717) is 25.1 Å². The molecule has 3 rings (SSSR count). The van der Waals surface area contributed by atoms with Gasteiger partial charge in [0.2, 0.25) is 0 Å². The zero-order valence-electron chi connectivity index (χ0n) is 13.9. The van der Waals surface area contributed by atoms with Crippen LogP contribution in [0.1, 0.15) is 17.5 Å². The average Bonchev–Trinajstić information content (AvgIpc) is 2.90. The number of rotatable bonds is 4. The summed E-state index contributed by atoms with van der Waals surface area (Å²) in [6.45, 7) is 0.804. The molecule has 0 bridgehead atoms. The molecule has 1 aliphatic rings. The first-order valence-corrected chi connectivity index (χ1v) is 7.91. The molecule has 1 aliphatic heterocycles. The van der Waals surface area contributed by atoms with Crippen molar-refractivity contribution >= 4 is 5.57 Å². The van der Waals surface area contributed by atoms with Gasteiger partial charge in [-0.25, -0.2) is 0 Å². The van der Waals surface area contributed by atoms with Crippen molar-refractivity contribution in [2.45, 2.75) is 18.9 Å². The Kier molecular flexibility index (Phi) is 4.66. The predicted molar refractivity (Wildman–Crippen MR) is 89.0 cm³/mol. The Morgan fingerprint density at radius 3 is 2.62 bits per heavy atom. The molecule has 1 aromatic carbocycles. The highest BCUT2D eigenvalue weighted by Gasteiger charge is 2.38. The summed E-state index contributed by atoms with van der Waals surface area (Å²) >= 11 is 0. The molecule has 128 valence electrons. The summed E-state index contributed by atoms with van der Waals surface area (Å²) in [5.74, 6) is -2.13. The fourth-order valence-electron chi connectivity index (χ4n) is 3.00. The minimum atomic E-state index is -2.90. The van der Waals surface area contributed by atoms with Crippen LogP contribution < -0.4 is 4.74 Å². The Hall–Kier alpha value is -2.21. The van der Waals surface area contributed by atoms with Gasteiger partial charge in [-0.3, -0.25) is 9.58 Å². The van der Waals surface area contributed by atoms with E-state index >= 15 is 0 Å². The minimum absolute atomic E-state index is 0.0767. The lowest BCUT2D eigenvalue weighted by Gasteiger charge is -2.25. The number of methoxy groups -OCH3 is 1. The Bertz CT molecular complexity index is 722. The first kappa shape index (κ1) is 16.6. The molecule has 0 amide bonds. The maximum Gasteiger partial charge on any atom is 0.286 e. The van der Waals surface area contributed by atoms with Crippen LogP contribution in [0.4, 0.5) is 8.78 Å². The molecule has 1 aromatic heterocycles. The Balaban J connectivity index is 1.73. The van der Waals surface area contributed by atoms with Gasteiger partial charge in [0.05, 0.1) is 19.9 Å². The third kappa shape index (κ3) is 3.64. The summed E-state index contributed by atoms with van der Waals surface area (Å²) in [7, 11) is 3.34. The van der Waals surface area contributed by atoms with Crippen LogP contribution in [0.3, 0.4) is 0 Å². The molecule has 0 aliphatic carbocycles. The minimum Gasteiger partial charge on any atom is -0.497 e. The molecule has 0 N–H and O–H groups in total. The van der Waals surface area contributed by atoms with Gasteiger partial charge in [0.1, 0.15) is 5.75 Å². The Labute approximate surface area is 140 Å². The van der Waals surface area contributed by atoms with Gasteiger partial charge in [0.15, 0.2) is 0 Å². The zero-order chi connectivity index (χ0) is 17.2. The average molecular weight is 333 g/mol. The van der Waals surface area contributed by atoms with E-state index in [4.69, 9.17) is 4.74 Å². The Morgan fingerprint density at radius 2 is 2.00 bits per heavy atom. The molecule has 24 heavy (non-hydrogen) atoms. The Morgan fingerprint density at radius 1 is 1.25 bits per heavy atom. The molecular weight excluding hydrogens is 312 g/mol. The van der Waals surface area contributed by atoms with Crippen LogP contribution in [0.25, 0.3) is 5.57 Å². The summed E-state index contributed by atoms with van der Waals surface area (Å²) in [5, 5.41) is 4.01. The number of ether oxygens (including phenoxy) is 1. The predicted octanol–water partition coefficient (Wildman–Crippen LogP) is 3.35. The van der Waals surface area contributed by atoms with Crippen molar-refractivity contribution < 1.29 is 13.5 Å². The van der Waals surface area contributed by atoms with Gasteiger partial charge < -0.3 is 4.74 Å². The van der Waals surface area contributed by atoms with Crippen molar-refractivity contribution in [1.82, 2.24) is 14.7 Å². The number of nitrogens with zero attached hydrogens (tertiary/aromatic N) is 3. The summed E-state index contributed by atoms with van der Waals surface area (Å²) in [6, 6.07) is 7.53. The second-order valence-electron chi connectivity index (χ2n) is 6.07. The zero-order valence-corrected chi connectivity index (χ0v) is 13.9. The molecule has 0 saturated carbocycles. The third-order valence-corrected chi connectivity index (χ3v) is 4.19. The third-order valence-electron chi connectivity index (χ3n) is 4.19. The fraction of sp³-hybridized carbons (Fsp3) is 0.389. The van der Waals surface area contributed by atoms with E-state index in [1.807, 2.05) is 24.3 Å². The van der Waals surface area contributed by atoms with E-state index in [0.717, 1.165) is 11.3 Å². The highest BCUT2D eigenvalue weighted by molar-refractivity contribution is 5.70. The van der Waals surface area contributed by atoms with E-state index in [9.17, 15) is 8.78 Å². The quantitative estimate of drug-likeness (QED) is 0.859. The first-order valence-electron chi connectivity index (χ1n) is 7.91. The van der Waals surface area contributed by atoms with Crippen molar-refractivity contribution in [2.24, 2.45) is 7.05 Å².